The van der Waals surface area contributed by atoms with E-state index in [1.807, 2.05) is 22.1 Å². The second-order valence-corrected chi connectivity index (χ2v) is 13.6. The zero-order valence-corrected chi connectivity index (χ0v) is 28.0. The molecule has 4 aromatic rings. The number of alkyl halides is 3. The lowest BCUT2D eigenvalue weighted by Crippen LogP contribution is -2.63. The third-order valence-electron chi connectivity index (χ3n) is 9.22. The number of hydrogen-bond acceptors (Lipinski definition) is 10. The van der Waals surface area contributed by atoms with Crippen LogP contribution in [0.1, 0.15) is 38.7 Å². The molecule has 2 saturated heterocycles. The molecule has 0 aliphatic carbocycles. The van der Waals surface area contributed by atoms with Crippen LogP contribution in [0.2, 0.25) is 0 Å². The first-order valence-corrected chi connectivity index (χ1v) is 16.1. The van der Waals surface area contributed by atoms with Crippen molar-refractivity contribution in [3.05, 3.63) is 48.7 Å². The van der Waals surface area contributed by atoms with Gasteiger partial charge in [-0.3, -0.25) is 14.2 Å². The summed E-state index contributed by atoms with van der Waals surface area (Å²) in [5.74, 6) is 0.320. The van der Waals surface area contributed by atoms with Gasteiger partial charge in [0.1, 0.15) is 12.1 Å². The Morgan fingerprint density at radius 1 is 1.20 bits per heavy atom. The molecule has 0 bridgehead atoms. The number of amides is 1. The third-order valence-corrected chi connectivity index (χ3v) is 9.22. The fraction of sp³-hybridized carbons (Fsp3) is 0.531. The number of pyridine rings is 1. The minimum Gasteiger partial charge on any atom is -0.363 e. The molecule has 0 unspecified atom stereocenters. The molecule has 6 rings (SSSR count). The molecule has 0 radical (unpaired) electrons. The Labute approximate surface area is 281 Å². The number of hydrogen-bond donors (Lipinski definition) is 1. The number of likely N-dealkylation sites (tertiary alicyclic amines) is 1. The number of fused-ring (bicyclic) bond motifs is 1. The Morgan fingerprint density at radius 2 is 1.96 bits per heavy atom. The zero-order chi connectivity index (χ0) is 35.0. The SMILES string of the molecule is C/N=C/C(C)(C)CN(C)C1CCN(C(=O)Cn2cc(Nc3nc4c(N5CC(CC#N)(n6cc(C(F)(F)F)cn6)C5)cccn4n3)cn2)CC1. The highest BCUT2D eigenvalue weighted by molar-refractivity contribution is 5.76. The summed E-state index contributed by atoms with van der Waals surface area (Å²) in [6, 6.07) is 6.16. The van der Waals surface area contributed by atoms with Crippen LogP contribution in [-0.4, -0.2) is 109 Å². The molecule has 0 aromatic carbocycles. The first-order chi connectivity index (χ1) is 23.3. The molecule has 2 fully saturated rings. The Bertz CT molecular complexity index is 1850. The number of halogens is 3. The van der Waals surface area contributed by atoms with E-state index in [-0.39, 0.29) is 37.4 Å². The molecule has 0 saturated carbocycles. The topological polar surface area (TPSA) is 141 Å². The Balaban J connectivity index is 1.05. The van der Waals surface area contributed by atoms with E-state index >= 15 is 0 Å². The molecule has 14 nitrogen and oxygen atoms in total. The molecule has 0 atom stereocenters. The average Bonchev–Trinajstić information content (AvgIpc) is 3.79. The number of rotatable bonds is 11. The van der Waals surface area contributed by atoms with E-state index < -0.39 is 17.3 Å². The van der Waals surface area contributed by atoms with E-state index in [1.165, 1.54) is 4.68 Å². The largest absolute Gasteiger partial charge is 0.419 e. The molecule has 260 valence electrons. The number of anilines is 3. The van der Waals surface area contributed by atoms with Gasteiger partial charge in [-0.25, -0.2) is 4.52 Å². The van der Waals surface area contributed by atoms with Crippen LogP contribution >= 0.6 is 0 Å². The van der Waals surface area contributed by atoms with Crippen LogP contribution in [0.4, 0.5) is 30.5 Å². The summed E-state index contributed by atoms with van der Waals surface area (Å²) >= 11 is 0. The van der Waals surface area contributed by atoms with Crippen molar-refractivity contribution in [1.29, 1.82) is 5.26 Å². The van der Waals surface area contributed by atoms with Crippen LogP contribution in [0.5, 0.6) is 0 Å². The van der Waals surface area contributed by atoms with Gasteiger partial charge in [0.2, 0.25) is 11.9 Å². The van der Waals surface area contributed by atoms with Gasteiger partial charge in [-0.2, -0.15) is 33.6 Å². The summed E-state index contributed by atoms with van der Waals surface area (Å²) in [6.07, 6.45) is 6.10. The second-order valence-electron chi connectivity index (χ2n) is 13.6. The summed E-state index contributed by atoms with van der Waals surface area (Å²) in [5.41, 5.74) is 0.0972. The fourth-order valence-electron chi connectivity index (χ4n) is 6.84. The van der Waals surface area contributed by atoms with Crippen LogP contribution < -0.4 is 10.2 Å². The maximum atomic E-state index is 13.2. The Hall–Kier alpha value is -4.98. The van der Waals surface area contributed by atoms with Crippen LogP contribution in [-0.2, 0) is 23.1 Å². The van der Waals surface area contributed by atoms with Crippen LogP contribution in [0, 0.1) is 16.7 Å². The van der Waals surface area contributed by atoms with Gasteiger partial charge in [0.15, 0.2) is 5.65 Å². The van der Waals surface area contributed by atoms with Gasteiger partial charge >= 0.3 is 6.18 Å². The zero-order valence-electron chi connectivity index (χ0n) is 28.0. The van der Waals surface area contributed by atoms with Crippen molar-refractivity contribution >= 4 is 35.1 Å². The number of carbonyl (C=O) groups excluding carboxylic acids is 1. The maximum absolute atomic E-state index is 13.2. The van der Waals surface area contributed by atoms with Crippen molar-refractivity contribution in [3.8, 4) is 6.07 Å². The summed E-state index contributed by atoms with van der Waals surface area (Å²) in [7, 11) is 3.93. The van der Waals surface area contributed by atoms with Gasteiger partial charge in [-0.1, -0.05) is 13.8 Å². The van der Waals surface area contributed by atoms with Crippen molar-refractivity contribution in [3.63, 3.8) is 0 Å². The molecule has 1 amide bonds. The normalized spacial score (nSPS) is 17.2. The molecule has 2 aliphatic heterocycles. The van der Waals surface area contributed by atoms with Crippen molar-refractivity contribution in [2.45, 2.75) is 57.4 Å². The van der Waals surface area contributed by atoms with E-state index in [0.717, 1.165) is 37.5 Å². The number of aliphatic imine (C=N–C) groups is 1. The quantitative estimate of drug-likeness (QED) is 0.235. The number of nitriles is 1. The molecule has 0 spiro atoms. The number of nitrogens with zero attached hydrogens (tertiary/aromatic N) is 12. The first kappa shape index (κ1) is 33.9. The molecule has 6 heterocycles. The molecule has 49 heavy (non-hydrogen) atoms. The average molecular weight is 680 g/mol. The lowest BCUT2D eigenvalue weighted by molar-refractivity contribution is -0.137. The van der Waals surface area contributed by atoms with Crippen molar-refractivity contribution in [2.24, 2.45) is 10.4 Å². The van der Waals surface area contributed by atoms with Gasteiger partial charge in [0, 0.05) is 76.0 Å². The van der Waals surface area contributed by atoms with E-state index in [1.54, 1.807) is 40.9 Å². The van der Waals surface area contributed by atoms with E-state index in [9.17, 15) is 23.2 Å². The van der Waals surface area contributed by atoms with Crippen molar-refractivity contribution in [1.82, 2.24) is 44.0 Å². The van der Waals surface area contributed by atoms with Gasteiger partial charge in [-0.05, 0) is 32.0 Å². The molecule has 17 heteroatoms. The lowest BCUT2D eigenvalue weighted by Gasteiger charge is -2.50. The predicted molar refractivity (Wildman–Crippen MR) is 177 cm³/mol. The maximum Gasteiger partial charge on any atom is 0.419 e. The third kappa shape index (κ3) is 7.24. The summed E-state index contributed by atoms with van der Waals surface area (Å²) in [6.45, 7) is 7.30. The standard InChI is InChI=1S/C32H40F3N13O/c1-30(2,19-37-3)20-43(4)25-7-12-44(13-8-25)27(49)18-46-17-24(15-38-46)40-29-41-28-26(6-5-11-47(28)42-29)45-21-31(22-45,9-10-36)48-16-23(14-39-48)32(33,34)35/h5-6,11,14-17,19,25H,7-9,12-13,18,20-22H2,1-4H3,(H,40,42)/b37-19+. The molecular weight excluding hydrogens is 639 g/mol. The number of piperidine rings is 1. The van der Waals surface area contributed by atoms with Crippen molar-refractivity contribution < 1.29 is 18.0 Å². The van der Waals surface area contributed by atoms with Crippen LogP contribution in [0.15, 0.2) is 48.1 Å². The Kier molecular flexibility index (Phi) is 9.09. The summed E-state index contributed by atoms with van der Waals surface area (Å²) < 4.78 is 44.1. The molecule has 4 aromatic heterocycles. The fourth-order valence-corrected chi connectivity index (χ4v) is 6.84. The van der Waals surface area contributed by atoms with Gasteiger partial charge in [-0.15, -0.1) is 5.10 Å². The van der Waals surface area contributed by atoms with Crippen molar-refractivity contribution in [2.75, 3.05) is 57.0 Å². The number of carbonyl (C=O) groups is 1. The molecule has 1 N–H and O–H groups in total. The smallest absolute Gasteiger partial charge is 0.363 e. The van der Waals surface area contributed by atoms with Gasteiger partial charge < -0.3 is 25.0 Å². The van der Waals surface area contributed by atoms with Gasteiger partial charge in [0.05, 0.1) is 41.8 Å². The van der Waals surface area contributed by atoms with Gasteiger partial charge in [0.25, 0.3) is 0 Å². The molecule has 2 aliphatic rings. The highest BCUT2D eigenvalue weighted by atomic mass is 19.4. The minimum absolute atomic E-state index is 0.000914. The minimum atomic E-state index is -4.52. The van der Waals surface area contributed by atoms with Crippen LogP contribution in [0.25, 0.3) is 5.65 Å². The van der Waals surface area contributed by atoms with E-state index in [2.05, 4.69) is 62.5 Å². The van der Waals surface area contributed by atoms with E-state index in [4.69, 9.17) is 0 Å². The highest BCUT2D eigenvalue weighted by Crippen LogP contribution is 2.39. The van der Waals surface area contributed by atoms with Crippen LogP contribution in [0.3, 0.4) is 0 Å². The lowest BCUT2D eigenvalue weighted by atomic mass is 9.86. The number of nitrogens with one attached hydrogen (secondary N) is 1. The summed E-state index contributed by atoms with van der Waals surface area (Å²) in [5, 5.41) is 25.4. The first-order valence-electron chi connectivity index (χ1n) is 16.1. The Morgan fingerprint density at radius 3 is 2.63 bits per heavy atom. The molecular formula is C32H40F3N13O. The number of aromatic nitrogens is 7. The monoisotopic (exact) mass is 679 g/mol. The predicted octanol–water partition coefficient (Wildman–Crippen LogP) is 3.66. The highest BCUT2D eigenvalue weighted by Gasteiger charge is 2.47. The summed E-state index contributed by atoms with van der Waals surface area (Å²) in [4.78, 5) is 28.2. The van der Waals surface area contributed by atoms with E-state index in [0.29, 0.717) is 36.4 Å². The second kappa shape index (κ2) is 13.1.